The van der Waals surface area contributed by atoms with Crippen LogP contribution in [0.4, 0.5) is 0 Å². The zero-order valence-electron chi connectivity index (χ0n) is 17.9. The maximum absolute atomic E-state index is 9.49. The lowest BCUT2D eigenvalue weighted by Crippen LogP contribution is -2.16. The fourth-order valence-electron chi connectivity index (χ4n) is 3.64. The zero-order valence-corrected chi connectivity index (χ0v) is 17.9. The van der Waals surface area contributed by atoms with Crippen LogP contribution in [-0.2, 0) is 13.2 Å². The second-order valence-electron chi connectivity index (χ2n) is 7.56. The molecule has 1 saturated carbocycles. The van der Waals surface area contributed by atoms with Gasteiger partial charge in [-0.15, -0.1) is 0 Å². The molecule has 0 atom stereocenters. The number of hydrogen-bond donors (Lipinski definition) is 1. The molecule has 0 unspecified atom stereocenters. The molecule has 5 heteroatoms. The Kier molecular flexibility index (Phi) is 6.40. The molecule has 1 aliphatic rings. The van der Waals surface area contributed by atoms with Crippen molar-refractivity contribution < 1.29 is 14.2 Å². The molecule has 3 aromatic carbocycles. The number of nitrogens with one attached hydrogen (secondary N) is 1. The van der Waals surface area contributed by atoms with Crippen LogP contribution in [0.15, 0.2) is 60.7 Å². The van der Waals surface area contributed by atoms with Gasteiger partial charge in [0.2, 0.25) is 0 Å². The number of rotatable bonds is 9. The van der Waals surface area contributed by atoms with Gasteiger partial charge in [0.05, 0.1) is 31.4 Å². The molecule has 1 N–H and O–H groups in total. The van der Waals surface area contributed by atoms with Crippen LogP contribution in [0.5, 0.6) is 17.2 Å². The topological polar surface area (TPSA) is 63.5 Å². The lowest BCUT2D eigenvalue weighted by molar-refractivity contribution is 0.300. The van der Waals surface area contributed by atoms with E-state index in [9.17, 15) is 5.26 Å². The van der Waals surface area contributed by atoms with Crippen molar-refractivity contribution in [1.29, 1.82) is 5.26 Å². The van der Waals surface area contributed by atoms with Crippen molar-refractivity contribution in [2.45, 2.75) is 32.0 Å². The third kappa shape index (κ3) is 4.82. The van der Waals surface area contributed by atoms with E-state index >= 15 is 0 Å². The highest BCUT2D eigenvalue weighted by Gasteiger charge is 2.22. The molecular weight excluding hydrogens is 388 g/mol. The highest BCUT2D eigenvalue weighted by molar-refractivity contribution is 5.73. The van der Waals surface area contributed by atoms with Crippen molar-refractivity contribution in [2.75, 3.05) is 14.2 Å². The van der Waals surface area contributed by atoms with E-state index in [1.807, 2.05) is 60.7 Å². The Hall–Kier alpha value is -3.49. The molecule has 0 saturated heterocycles. The van der Waals surface area contributed by atoms with Crippen LogP contribution in [-0.4, -0.2) is 20.3 Å². The number of nitriles is 1. The maximum atomic E-state index is 9.49. The molecule has 0 spiro atoms. The van der Waals surface area contributed by atoms with Crippen LogP contribution in [0.3, 0.4) is 0 Å². The summed E-state index contributed by atoms with van der Waals surface area (Å²) < 4.78 is 17.4. The smallest absolute Gasteiger partial charge is 0.130 e. The molecule has 0 aliphatic heterocycles. The molecule has 5 nitrogen and oxygen atoms in total. The van der Waals surface area contributed by atoms with Crippen molar-refractivity contribution >= 4 is 0 Å². The van der Waals surface area contributed by atoms with Gasteiger partial charge in [0, 0.05) is 24.7 Å². The van der Waals surface area contributed by atoms with Gasteiger partial charge in [-0.25, -0.2) is 0 Å². The summed E-state index contributed by atoms with van der Waals surface area (Å²) in [5, 5.41) is 13.0. The third-order valence-corrected chi connectivity index (χ3v) is 5.48. The Balaban J connectivity index is 1.58. The van der Waals surface area contributed by atoms with Gasteiger partial charge in [-0.3, -0.25) is 0 Å². The molecular formula is C26H26N2O3. The highest BCUT2D eigenvalue weighted by Crippen LogP contribution is 2.36. The number of nitrogens with zero attached hydrogens (tertiary/aromatic N) is 1. The van der Waals surface area contributed by atoms with Crippen molar-refractivity contribution in [2.24, 2.45) is 0 Å². The van der Waals surface area contributed by atoms with Crippen molar-refractivity contribution in [3.8, 4) is 34.4 Å². The van der Waals surface area contributed by atoms with Crippen LogP contribution < -0.4 is 19.5 Å². The first-order chi connectivity index (χ1) is 15.2. The van der Waals surface area contributed by atoms with E-state index in [0.717, 1.165) is 33.8 Å². The second-order valence-corrected chi connectivity index (χ2v) is 7.56. The predicted molar refractivity (Wildman–Crippen MR) is 120 cm³/mol. The van der Waals surface area contributed by atoms with Crippen LogP contribution in [0.2, 0.25) is 0 Å². The average Bonchev–Trinajstić information content (AvgIpc) is 3.65. The van der Waals surface area contributed by atoms with Crippen LogP contribution >= 0.6 is 0 Å². The maximum Gasteiger partial charge on any atom is 0.130 e. The summed E-state index contributed by atoms with van der Waals surface area (Å²) in [4.78, 5) is 0. The minimum absolute atomic E-state index is 0.363. The van der Waals surface area contributed by atoms with Gasteiger partial charge in [0.25, 0.3) is 0 Å². The summed E-state index contributed by atoms with van der Waals surface area (Å²) in [6, 6.07) is 22.3. The zero-order chi connectivity index (χ0) is 21.6. The molecule has 31 heavy (non-hydrogen) atoms. The summed E-state index contributed by atoms with van der Waals surface area (Å²) in [6.07, 6.45) is 2.44. The number of ether oxygens (including phenoxy) is 3. The van der Waals surface area contributed by atoms with E-state index in [2.05, 4.69) is 11.4 Å². The normalized spacial score (nSPS) is 12.8. The second kappa shape index (κ2) is 9.55. The highest BCUT2D eigenvalue weighted by atomic mass is 16.5. The van der Waals surface area contributed by atoms with Crippen LogP contribution in [0.25, 0.3) is 11.1 Å². The average molecular weight is 415 g/mol. The van der Waals surface area contributed by atoms with Crippen molar-refractivity contribution in [3.05, 3.63) is 77.4 Å². The van der Waals surface area contributed by atoms with E-state index in [0.29, 0.717) is 30.5 Å². The van der Waals surface area contributed by atoms with E-state index in [1.165, 1.54) is 12.8 Å². The summed E-state index contributed by atoms with van der Waals surface area (Å²) >= 11 is 0. The number of benzene rings is 3. The molecule has 0 bridgehead atoms. The van der Waals surface area contributed by atoms with Gasteiger partial charge < -0.3 is 19.5 Å². The fraction of sp³-hybridized carbons (Fsp3) is 0.269. The Bertz CT molecular complexity index is 1070. The van der Waals surface area contributed by atoms with E-state index < -0.39 is 0 Å². The van der Waals surface area contributed by atoms with Gasteiger partial charge in [0.15, 0.2) is 0 Å². The summed E-state index contributed by atoms with van der Waals surface area (Å²) in [7, 11) is 3.32. The number of methoxy groups -OCH3 is 2. The summed E-state index contributed by atoms with van der Waals surface area (Å²) in [5.41, 5.74) is 4.53. The lowest BCUT2D eigenvalue weighted by atomic mass is 9.96. The molecule has 0 heterocycles. The minimum Gasteiger partial charge on any atom is -0.496 e. The molecule has 0 aromatic heterocycles. The van der Waals surface area contributed by atoms with Gasteiger partial charge in [0.1, 0.15) is 23.9 Å². The van der Waals surface area contributed by atoms with E-state index in [1.54, 1.807) is 14.2 Å². The first-order valence-electron chi connectivity index (χ1n) is 10.4. The van der Waals surface area contributed by atoms with E-state index in [4.69, 9.17) is 14.2 Å². The molecule has 158 valence electrons. The lowest BCUT2D eigenvalue weighted by Gasteiger charge is -2.17. The van der Waals surface area contributed by atoms with Crippen molar-refractivity contribution in [3.63, 3.8) is 0 Å². The van der Waals surface area contributed by atoms with Gasteiger partial charge in [-0.1, -0.05) is 42.5 Å². The summed E-state index contributed by atoms with van der Waals surface area (Å²) in [6.45, 7) is 1.06. The van der Waals surface area contributed by atoms with Crippen LogP contribution in [0.1, 0.15) is 29.5 Å². The molecule has 1 aliphatic carbocycles. The van der Waals surface area contributed by atoms with Crippen molar-refractivity contribution in [1.82, 2.24) is 5.32 Å². The Morgan fingerprint density at radius 3 is 2.23 bits per heavy atom. The van der Waals surface area contributed by atoms with Gasteiger partial charge in [-0.05, 0) is 35.6 Å². The Morgan fingerprint density at radius 2 is 1.58 bits per heavy atom. The fourth-order valence-corrected chi connectivity index (χ4v) is 3.64. The standard InChI is InChI=1S/C26H26N2O3/c1-29-25-13-21(14-26(30-2)24(25)16-28-20-11-12-20)31-17-19-8-4-6-10-23(19)22-9-5-3-7-18(22)15-27/h3-10,13-14,20,28H,11-12,16-17H2,1-2H3. The van der Waals surface area contributed by atoms with Gasteiger partial charge in [-0.2, -0.15) is 5.26 Å². The molecule has 4 rings (SSSR count). The predicted octanol–water partition coefficient (Wildman–Crippen LogP) is 5.07. The SMILES string of the molecule is COc1cc(OCc2ccccc2-c2ccccc2C#N)cc(OC)c1CNC1CC1. The quantitative estimate of drug-likeness (QED) is 0.529. The molecule has 3 aromatic rings. The third-order valence-electron chi connectivity index (χ3n) is 5.48. The Labute approximate surface area is 183 Å². The monoisotopic (exact) mass is 414 g/mol. The first-order valence-corrected chi connectivity index (χ1v) is 10.4. The molecule has 0 radical (unpaired) electrons. The van der Waals surface area contributed by atoms with E-state index in [-0.39, 0.29) is 0 Å². The summed E-state index contributed by atoms with van der Waals surface area (Å²) in [5.74, 6) is 2.16. The minimum atomic E-state index is 0.363. The molecule has 0 amide bonds. The first kappa shape index (κ1) is 20.8. The number of hydrogen-bond acceptors (Lipinski definition) is 5. The Morgan fingerprint density at radius 1 is 0.935 bits per heavy atom. The van der Waals surface area contributed by atoms with Gasteiger partial charge >= 0.3 is 0 Å². The largest absolute Gasteiger partial charge is 0.496 e. The van der Waals surface area contributed by atoms with Crippen LogP contribution in [0, 0.1) is 11.3 Å². The molecule has 1 fully saturated rings.